The van der Waals surface area contributed by atoms with Crippen LogP contribution in [0.3, 0.4) is 0 Å². The first-order chi connectivity index (χ1) is 16.3. The molecule has 0 spiro atoms. The lowest BCUT2D eigenvalue weighted by Gasteiger charge is -2.29. The van der Waals surface area contributed by atoms with E-state index in [0.717, 1.165) is 50.0 Å². The SMILES string of the molecule is N#CC(F)=CC=CCC[C@H]1CC[C@H](/C=C/[C@H]2CC[C@H](c3ccc(OC(F)(F)F)cc3)CC2)CC1. The van der Waals surface area contributed by atoms with Crippen LogP contribution in [-0.2, 0) is 0 Å². The molecule has 184 valence electrons. The molecule has 0 unspecified atom stereocenters. The highest BCUT2D eigenvalue weighted by atomic mass is 19.4. The topological polar surface area (TPSA) is 33.0 Å². The first-order valence-electron chi connectivity index (χ1n) is 12.3. The number of halogens is 4. The van der Waals surface area contributed by atoms with Gasteiger partial charge in [0.2, 0.25) is 0 Å². The zero-order chi connectivity index (χ0) is 24.4. The number of hydrogen-bond acceptors (Lipinski definition) is 2. The highest BCUT2D eigenvalue weighted by Gasteiger charge is 2.31. The van der Waals surface area contributed by atoms with Crippen molar-refractivity contribution in [2.75, 3.05) is 0 Å². The van der Waals surface area contributed by atoms with Gasteiger partial charge in [-0.05, 0) is 112 Å². The van der Waals surface area contributed by atoms with Crippen molar-refractivity contribution in [2.45, 2.75) is 76.5 Å². The van der Waals surface area contributed by atoms with Crippen molar-refractivity contribution in [2.24, 2.45) is 17.8 Å². The summed E-state index contributed by atoms with van der Waals surface area (Å²) in [6, 6.07) is 7.81. The first-order valence-corrected chi connectivity index (χ1v) is 12.3. The van der Waals surface area contributed by atoms with Crippen molar-refractivity contribution in [1.29, 1.82) is 5.26 Å². The third-order valence-electron chi connectivity index (χ3n) is 7.13. The number of rotatable bonds is 8. The lowest BCUT2D eigenvalue weighted by atomic mass is 9.77. The highest BCUT2D eigenvalue weighted by molar-refractivity contribution is 5.30. The van der Waals surface area contributed by atoms with E-state index in [9.17, 15) is 17.6 Å². The Morgan fingerprint density at radius 3 is 2.09 bits per heavy atom. The van der Waals surface area contributed by atoms with Crippen LogP contribution in [0, 0.1) is 29.1 Å². The molecule has 1 aromatic carbocycles. The number of allylic oxidation sites excluding steroid dienone is 6. The number of nitrogens with zero attached hydrogens (tertiary/aromatic N) is 1. The van der Waals surface area contributed by atoms with E-state index >= 15 is 0 Å². The maximum atomic E-state index is 12.7. The molecule has 0 amide bonds. The van der Waals surface area contributed by atoms with Gasteiger partial charge < -0.3 is 4.74 Å². The van der Waals surface area contributed by atoms with Crippen LogP contribution >= 0.6 is 0 Å². The van der Waals surface area contributed by atoms with Gasteiger partial charge >= 0.3 is 6.36 Å². The van der Waals surface area contributed by atoms with Crippen molar-refractivity contribution < 1.29 is 22.3 Å². The van der Waals surface area contributed by atoms with Crippen LogP contribution < -0.4 is 4.74 Å². The molecular formula is C28H33F4NO. The van der Waals surface area contributed by atoms with E-state index in [1.54, 1.807) is 18.2 Å². The largest absolute Gasteiger partial charge is 0.573 e. The van der Waals surface area contributed by atoms with Crippen LogP contribution in [0.15, 0.2) is 60.5 Å². The molecule has 2 nitrogen and oxygen atoms in total. The number of nitriles is 1. The normalized spacial score (nSPS) is 26.6. The van der Waals surface area contributed by atoms with Crippen molar-refractivity contribution in [3.05, 3.63) is 66.0 Å². The monoisotopic (exact) mass is 475 g/mol. The highest BCUT2D eigenvalue weighted by Crippen LogP contribution is 2.38. The Kier molecular flexibility index (Phi) is 9.80. The zero-order valence-electron chi connectivity index (χ0n) is 19.4. The Hall–Kier alpha value is -2.55. The van der Waals surface area contributed by atoms with Crippen molar-refractivity contribution in [3.8, 4) is 11.8 Å². The fraction of sp³-hybridized carbons (Fsp3) is 0.536. The number of benzene rings is 1. The molecule has 0 heterocycles. The summed E-state index contributed by atoms with van der Waals surface area (Å²) in [5.41, 5.74) is 1.09. The van der Waals surface area contributed by atoms with E-state index in [-0.39, 0.29) is 5.75 Å². The van der Waals surface area contributed by atoms with Crippen LogP contribution in [0.2, 0.25) is 0 Å². The van der Waals surface area contributed by atoms with Gasteiger partial charge in [0.05, 0.1) is 0 Å². The summed E-state index contributed by atoms with van der Waals surface area (Å²) in [6.07, 6.45) is 16.2. The van der Waals surface area contributed by atoms with Gasteiger partial charge in [0.1, 0.15) is 11.8 Å². The molecule has 2 aliphatic rings. The van der Waals surface area contributed by atoms with Gasteiger partial charge in [-0.3, -0.25) is 0 Å². The van der Waals surface area contributed by atoms with Gasteiger partial charge in [-0.2, -0.15) is 9.65 Å². The molecule has 2 aliphatic carbocycles. The molecule has 2 fully saturated rings. The molecule has 0 atom stereocenters. The minimum absolute atomic E-state index is 0.165. The molecule has 0 saturated heterocycles. The summed E-state index contributed by atoms with van der Waals surface area (Å²) >= 11 is 0. The van der Waals surface area contributed by atoms with Crippen LogP contribution in [0.5, 0.6) is 5.75 Å². The standard InChI is InChI=1S/C28H33F4NO/c29-26(20-33)5-3-1-2-4-21-6-8-22(9-7-21)10-11-23-12-14-24(15-13-23)25-16-18-27(19-17-25)34-28(30,31)32/h1,3,5,10-11,16-19,21-24H,2,4,6-9,12-15H2/b3-1?,11-10+,26-5?/t21-,22-,23-,24-. The molecule has 2 saturated carbocycles. The minimum Gasteiger partial charge on any atom is -0.406 e. The molecular weight excluding hydrogens is 442 g/mol. The Labute approximate surface area is 200 Å². The van der Waals surface area contributed by atoms with Gasteiger partial charge in [-0.25, -0.2) is 0 Å². The van der Waals surface area contributed by atoms with Crippen molar-refractivity contribution in [3.63, 3.8) is 0 Å². The maximum Gasteiger partial charge on any atom is 0.573 e. The summed E-state index contributed by atoms with van der Waals surface area (Å²) < 4.78 is 53.7. The second-order valence-corrected chi connectivity index (χ2v) is 9.53. The lowest BCUT2D eigenvalue weighted by Crippen LogP contribution is -2.17. The van der Waals surface area contributed by atoms with E-state index in [2.05, 4.69) is 16.9 Å². The molecule has 0 aliphatic heterocycles. The van der Waals surface area contributed by atoms with Gasteiger partial charge in [0.25, 0.3) is 0 Å². The fourth-order valence-electron chi connectivity index (χ4n) is 5.19. The lowest BCUT2D eigenvalue weighted by molar-refractivity contribution is -0.274. The summed E-state index contributed by atoms with van der Waals surface area (Å²) in [4.78, 5) is 0. The summed E-state index contributed by atoms with van der Waals surface area (Å²) in [5.74, 6) is 1.45. The van der Waals surface area contributed by atoms with Gasteiger partial charge in [0.15, 0.2) is 5.83 Å². The Morgan fingerprint density at radius 2 is 1.53 bits per heavy atom. The smallest absolute Gasteiger partial charge is 0.406 e. The number of ether oxygens (including phenoxy) is 1. The predicted octanol–water partition coefficient (Wildman–Crippen LogP) is 8.93. The fourth-order valence-corrected chi connectivity index (χ4v) is 5.19. The van der Waals surface area contributed by atoms with E-state index < -0.39 is 12.2 Å². The molecule has 6 heteroatoms. The van der Waals surface area contributed by atoms with Crippen LogP contribution in [0.25, 0.3) is 0 Å². The quantitative estimate of drug-likeness (QED) is 0.163. The summed E-state index contributed by atoms with van der Waals surface area (Å²) in [7, 11) is 0. The third kappa shape index (κ3) is 9.00. The molecule has 0 bridgehead atoms. The van der Waals surface area contributed by atoms with Gasteiger partial charge in [-0.1, -0.05) is 36.4 Å². The minimum atomic E-state index is -4.65. The van der Waals surface area contributed by atoms with Crippen LogP contribution in [-0.4, -0.2) is 6.36 Å². The maximum absolute atomic E-state index is 12.7. The van der Waals surface area contributed by atoms with Crippen molar-refractivity contribution >= 4 is 0 Å². The van der Waals surface area contributed by atoms with E-state index in [1.165, 1.54) is 50.0 Å². The van der Waals surface area contributed by atoms with Crippen LogP contribution in [0.4, 0.5) is 17.6 Å². The average molecular weight is 476 g/mol. The predicted molar refractivity (Wildman–Crippen MR) is 126 cm³/mol. The van der Waals surface area contributed by atoms with Gasteiger partial charge in [-0.15, -0.1) is 13.2 Å². The Bertz CT molecular complexity index is 878. The second-order valence-electron chi connectivity index (χ2n) is 9.53. The molecule has 0 radical (unpaired) electrons. The van der Waals surface area contributed by atoms with E-state index in [4.69, 9.17) is 5.26 Å². The molecule has 1 aromatic rings. The van der Waals surface area contributed by atoms with Gasteiger partial charge in [0, 0.05) is 0 Å². The zero-order valence-corrected chi connectivity index (χ0v) is 19.4. The average Bonchev–Trinajstić information content (AvgIpc) is 2.83. The van der Waals surface area contributed by atoms with E-state index in [0.29, 0.717) is 17.8 Å². The second kappa shape index (κ2) is 12.8. The van der Waals surface area contributed by atoms with Crippen molar-refractivity contribution in [1.82, 2.24) is 0 Å². The summed E-state index contributed by atoms with van der Waals surface area (Å²) in [5, 5.41) is 8.38. The number of alkyl halides is 3. The first kappa shape index (κ1) is 26.1. The van der Waals surface area contributed by atoms with E-state index in [1.807, 2.05) is 6.08 Å². The Morgan fingerprint density at radius 1 is 0.941 bits per heavy atom. The molecule has 34 heavy (non-hydrogen) atoms. The number of hydrogen-bond donors (Lipinski definition) is 0. The summed E-state index contributed by atoms with van der Waals surface area (Å²) in [6.45, 7) is 0. The molecule has 0 aromatic heterocycles. The molecule has 3 rings (SSSR count). The van der Waals surface area contributed by atoms with Crippen LogP contribution in [0.1, 0.15) is 75.7 Å². The third-order valence-corrected chi connectivity index (χ3v) is 7.13. The molecule has 0 N–H and O–H groups in total. The Balaban J connectivity index is 1.34.